The van der Waals surface area contributed by atoms with Crippen molar-refractivity contribution in [3.05, 3.63) is 35.4 Å². The van der Waals surface area contributed by atoms with Crippen molar-refractivity contribution in [3.8, 4) is 6.07 Å². The summed E-state index contributed by atoms with van der Waals surface area (Å²) in [6.45, 7) is 1.90. The third-order valence-corrected chi connectivity index (χ3v) is 3.14. The van der Waals surface area contributed by atoms with Crippen molar-refractivity contribution in [1.82, 2.24) is 10.6 Å². The van der Waals surface area contributed by atoms with Crippen LogP contribution in [0.25, 0.3) is 0 Å². The predicted octanol–water partition coefficient (Wildman–Crippen LogP) is 0.465. The van der Waals surface area contributed by atoms with E-state index in [9.17, 15) is 4.79 Å². The van der Waals surface area contributed by atoms with Crippen molar-refractivity contribution >= 4 is 5.97 Å². The van der Waals surface area contributed by atoms with Gasteiger partial charge in [-0.2, -0.15) is 5.26 Å². The lowest BCUT2D eigenvalue weighted by molar-refractivity contribution is -0.139. The number of benzene rings is 1. The monoisotopic (exact) mass is 245 g/mol. The Labute approximate surface area is 105 Å². The normalized spacial score (nSPS) is 16.6. The second-order valence-corrected chi connectivity index (χ2v) is 4.62. The molecular weight excluding hydrogens is 230 g/mol. The molecule has 2 rings (SSSR count). The number of nitrogens with one attached hydrogen (secondary N) is 2. The molecule has 1 saturated heterocycles. The van der Waals surface area contributed by atoms with Gasteiger partial charge in [0.05, 0.1) is 23.6 Å². The molecule has 0 aliphatic carbocycles. The summed E-state index contributed by atoms with van der Waals surface area (Å²) < 4.78 is 0. The van der Waals surface area contributed by atoms with Crippen LogP contribution in [0.2, 0.25) is 0 Å². The van der Waals surface area contributed by atoms with Gasteiger partial charge in [-0.3, -0.25) is 4.79 Å². The number of nitriles is 1. The molecule has 94 valence electrons. The number of aliphatic carboxylic acids is 1. The Morgan fingerprint density at radius 3 is 2.89 bits per heavy atom. The van der Waals surface area contributed by atoms with Gasteiger partial charge in [-0.1, -0.05) is 12.1 Å². The molecule has 0 saturated carbocycles. The van der Waals surface area contributed by atoms with Gasteiger partial charge in [0.15, 0.2) is 0 Å². The molecule has 1 aromatic carbocycles. The van der Waals surface area contributed by atoms with Crippen LogP contribution >= 0.6 is 0 Å². The zero-order valence-corrected chi connectivity index (χ0v) is 9.94. The number of carboxylic acids is 1. The fraction of sp³-hybridized carbons (Fsp3) is 0.385. The van der Waals surface area contributed by atoms with Gasteiger partial charge in [0.2, 0.25) is 0 Å². The standard InChI is InChI=1S/C13H15N3O2/c14-6-10-2-1-3-11(4-10)7-16-13(5-12(17)18)8-15-9-13/h1-4,15-16H,5,7-9H2,(H,17,18). The number of hydrogen-bond acceptors (Lipinski definition) is 4. The Bertz CT molecular complexity index is 489. The summed E-state index contributed by atoms with van der Waals surface area (Å²) in [4.78, 5) is 10.8. The van der Waals surface area contributed by atoms with E-state index in [1.54, 1.807) is 6.07 Å². The lowest BCUT2D eigenvalue weighted by Gasteiger charge is -2.42. The largest absolute Gasteiger partial charge is 0.481 e. The summed E-state index contributed by atoms with van der Waals surface area (Å²) in [6, 6.07) is 9.41. The number of hydrogen-bond donors (Lipinski definition) is 3. The minimum absolute atomic E-state index is 0.109. The molecule has 0 unspecified atom stereocenters. The second kappa shape index (κ2) is 5.17. The maximum atomic E-state index is 10.8. The van der Waals surface area contributed by atoms with E-state index in [-0.39, 0.29) is 12.0 Å². The number of carboxylic acid groups (broad SMARTS) is 1. The molecule has 0 spiro atoms. The third-order valence-electron chi connectivity index (χ3n) is 3.14. The van der Waals surface area contributed by atoms with Crippen molar-refractivity contribution in [3.63, 3.8) is 0 Å². The highest BCUT2D eigenvalue weighted by Gasteiger charge is 2.38. The van der Waals surface area contributed by atoms with Crippen LogP contribution in [-0.2, 0) is 11.3 Å². The first-order chi connectivity index (χ1) is 8.63. The third kappa shape index (κ3) is 2.86. The molecule has 1 aliphatic heterocycles. The Hall–Kier alpha value is -1.90. The zero-order chi connectivity index (χ0) is 13.0. The van der Waals surface area contributed by atoms with Crippen molar-refractivity contribution in [2.24, 2.45) is 0 Å². The number of carbonyl (C=O) groups is 1. The maximum absolute atomic E-state index is 10.8. The number of nitrogens with zero attached hydrogens (tertiary/aromatic N) is 1. The smallest absolute Gasteiger partial charge is 0.305 e. The van der Waals surface area contributed by atoms with E-state index in [0.29, 0.717) is 25.2 Å². The lowest BCUT2D eigenvalue weighted by Crippen LogP contribution is -2.68. The van der Waals surface area contributed by atoms with Gasteiger partial charge in [0.25, 0.3) is 0 Å². The van der Waals surface area contributed by atoms with Gasteiger partial charge < -0.3 is 15.7 Å². The molecular formula is C13H15N3O2. The second-order valence-electron chi connectivity index (χ2n) is 4.62. The molecule has 1 heterocycles. The quantitative estimate of drug-likeness (QED) is 0.702. The number of rotatable bonds is 5. The van der Waals surface area contributed by atoms with Gasteiger partial charge in [-0.15, -0.1) is 0 Å². The molecule has 3 N–H and O–H groups in total. The first kappa shape index (κ1) is 12.6. The fourth-order valence-electron chi connectivity index (χ4n) is 2.07. The molecule has 0 radical (unpaired) electrons. The van der Waals surface area contributed by atoms with E-state index in [2.05, 4.69) is 16.7 Å². The van der Waals surface area contributed by atoms with E-state index in [1.165, 1.54) is 0 Å². The highest BCUT2D eigenvalue weighted by atomic mass is 16.4. The van der Waals surface area contributed by atoms with E-state index in [0.717, 1.165) is 5.56 Å². The molecule has 1 aliphatic rings. The van der Waals surface area contributed by atoms with Crippen LogP contribution in [0.5, 0.6) is 0 Å². The summed E-state index contributed by atoms with van der Waals surface area (Å²) in [5, 5.41) is 24.1. The summed E-state index contributed by atoms with van der Waals surface area (Å²) in [6.07, 6.45) is 0.109. The van der Waals surface area contributed by atoms with Crippen molar-refractivity contribution < 1.29 is 9.90 Å². The van der Waals surface area contributed by atoms with Crippen LogP contribution in [-0.4, -0.2) is 29.7 Å². The average Bonchev–Trinajstić information content (AvgIpc) is 2.32. The minimum atomic E-state index is -0.797. The highest BCUT2D eigenvalue weighted by molar-refractivity contribution is 5.68. The molecule has 18 heavy (non-hydrogen) atoms. The first-order valence-corrected chi connectivity index (χ1v) is 5.80. The summed E-state index contributed by atoms with van der Waals surface area (Å²) >= 11 is 0. The Morgan fingerprint density at radius 2 is 2.33 bits per heavy atom. The highest BCUT2D eigenvalue weighted by Crippen LogP contribution is 2.17. The van der Waals surface area contributed by atoms with E-state index in [1.807, 2.05) is 18.2 Å². The average molecular weight is 245 g/mol. The SMILES string of the molecule is N#Cc1cccc(CNC2(CC(=O)O)CNC2)c1. The van der Waals surface area contributed by atoms with Crippen LogP contribution < -0.4 is 10.6 Å². The van der Waals surface area contributed by atoms with Crippen molar-refractivity contribution in [2.45, 2.75) is 18.5 Å². The van der Waals surface area contributed by atoms with Gasteiger partial charge in [0.1, 0.15) is 0 Å². The molecule has 0 atom stereocenters. The van der Waals surface area contributed by atoms with Crippen LogP contribution in [0, 0.1) is 11.3 Å². The Morgan fingerprint density at radius 1 is 1.56 bits per heavy atom. The van der Waals surface area contributed by atoms with Gasteiger partial charge in [0, 0.05) is 19.6 Å². The molecule has 1 fully saturated rings. The van der Waals surface area contributed by atoms with E-state index in [4.69, 9.17) is 10.4 Å². The molecule has 0 amide bonds. The molecule has 0 aromatic heterocycles. The summed E-state index contributed by atoms with van der Waals surface area (Å²) in [5.41, 5.74) is 1.26. The fourth-order valence-corrected chi connectivity index (χ4v) is 2.07. The minimum Gasteiger partial charge on any atom is -0.481 e. The molecule has 0 bridgehead atoms. The van der Waals surface area contributed by atoms with Gasteiger partial charge in [-0.05, 0) is 17.7 Å². The summed E-state index contributed by atoms with van der Waals surface area (Å²) in [7, 11) is 0. The Balaban J connectivity index is 1.97. The van der Waals surface area contributed by atoms with Crippen LogP contribution in [0.3, 0.4) is 0 Å². The topological polar surface area (TPSA) is 85.2 Å². The first-order valence-electron chi connectivity index (χ1n) is 5.80. The van der Waals surface area contributed by atoms with E-state index >= 15 is 0 Å². The van der Waals surface area contributed by atoms with Crippen molar-refractivity contribution in [2.75, 3.05) is 13.1 Å². The summed E-state index contributed by atoms with van der Waals surface area (Å²) in [5.74, 6) is -0.797. The van der Waals surface area contributed by atoms with Crippen LogP contribution in [0.4, 0.5) is 0 Å². The predicted molar refractivity (Wildman–Crippen MR) is 65.9 cm³/mol. The zero-order valence-electron chi connectivity index (χ0n) is 9.94. The van der Waals surface area contributed by atoms with Crippen molar-refractivity contribution in [1.29, 1.82) is 5.26 Å². The molecule has 1 aromatic rings. The van der Waals surface area contributed by atoms with Gasteiger partial charge >= 0.3 is 5.97 Å². The van der Waals surface area contributed by atoms with Crippen LogP contribution in [0.15, 0.2) is 24.3 Å². The van der Waals surface area contributed by atoms with E-state index < -0.39 is 5.97 Å². The lowest BCUT2D eigenvalue weighted by atomic mass is 9.88. The molecule has 5 heteroatoms. The van der Waals surface area contributed by atoms with Gasteiger partial charge in [-0.25, -0.2) is 0 Å². The maximum Gasteiger partial charge on any atom is 0.305 e. The Kier molecular flexibility index (Phi) is 3.60. The van der Waals surface area contributed by atoms with Crippen LogP contribution in [0.1, 0.15) is 17.5 Å². The molecule has 5 nitrogen and oxygen atoms in total.